The molecule has 0 spiro atoms. The Morgan fingerprint density at radius 2 is 0.591 bits per heavy atom. The van der Waals surface area contributed by atoms with Crippen molar-refractivity contribution < 1.29 is 28.6 Å². The van der Waals surface area contributed by atoms with Crippen molar-refractivity contribution in [1.82, 2.24) is 0 Å². The molecule has 0 aromatic carbocycles. The summed E-state index contributed by atoms with van der Waals surface area (Å²) in [7, 11) is 0. The Morgan fingerprint density at radius 3 is 0.955 bits per heavy atom. The minimum absolute atomic E-state index is 0.0799. The van der Waals surface area contributed by atoms with Crippen molar-refractivity contribution in [3.05, 3.63) is 48.6 Å². The first-order chi connectivity index (χ1) is 32.5. The fourth-order valence-corrected chi connectivity index (χ4v) is 8.28. The van der Waals surface area contributed by atoms with Crippen molar-refractivity contribution in [2.75, 3.05) is 13.2 Å². The van der Waals surface area contributed by atoms with Gasteiger partial charge in [-0.25, -0.2) is 0 Å². The van der Waals surface area contributed by atoms with E-state index in [-0.39, 0.29) is 31.1 Å². The molecule has 0 radical (unpaired) electrons. The molecule has 0 fully saturated rings. The molecule has 0 aliphatic carbocycles. The van der Waals surface area contributed by atoms with Crippen LogP contribution in [0.2, 0.25) is 0 Å². The highest BCUT2D eigenvalue weighted by Crippen LogP contribution is 2.16. The van der Waals surface area contributed by atoms with Crippen LogP contribution in [0.25, 0.3) is 0 Å². The summed E-state index contributed by atoms with van der Waals surface area (Å²) in [6.45, 7) is 6.53. The lowest BCUT2D eigenvalue weighted by molar-refractivity contribution is -0.167. The van der Waals surface area contributed by atoms with Crippen LogP contribution >= 0.6 is 0 Å². The molecule has 0 bridgehead atoms. The number of esters is 3. The fourth-order valence-electron chi connectivity index (χ4n) is 8.28. The first-order valence-corrected chi connectivity index (χ1v) is 28.6. The van der Waals surface area contributed by atoms with E-state index < -0.39 is 6.10 Å². The van der Waals surface area contributed by atoms with Crippen LogP contribution in [0.15, 0.2) is 48.6 Å². The SMILES string of the molecule is CC/C=C\C/C=C\C/C=C\CCCCCCCC(=O)OC(COC(=O)CCCCCCC/C=C\CCCCCC)COC(=O)CCCCCCCCCCCCCCCCCCCCCC. The van der Waals surface area contributed by atoms with Gasteiger partial charge in [0.25, 0.3) is 0 Å². The molecule has 0 rings (SSSR count). The molecule has 0 heterocycles. The average molecular weight is 926 g/mol. The second kappa shape index (κ2) is 55.0. The van der Waals surface area contributed by atoms with E-state index in [0.717, 1.165) is 103 Å². The van der Waals surface area contributed by atoms with Crippen LogP contribution in [0.1, 0.15) is 297 Å². The summed E-state index contributed by atoms with van der Waals surface area (Å²) in [5.74, 6) is -0.893. The molecular weight excluding hydrogens is 817 g/mol. The molecule has 0 saturated carbocycles. The molecule has 66 heavy (non-hydrogen) atoms. The van der Waals surface area contributed by atoms with Crippen LogP contribution in [0.4, 0.5) is 0 Å². The van der Waals surface area contributed by atoms with Crippen LogP contribution in [-0.2, 0) is 28.6 Å². The summed E-state index contributed by atoms with van der Waals surface area (Å²) in [6, 6.07) is 0. The second-order valence-electron chi connectivity index (χ2n) is 19.2. The largest absolute Gasteiger partial charge is 0.462 e. The zero-order valence-corrected chi connectivity index (χ0v) is 44.0. The smallest absolute Gasteiger partial charge is 0.306 e. The third kappa shape index (κ3) is 52.3. The van der Waals surface area contributed by atoms with E-state index in [1.807, 2.05) is 0 Å². The van der Waals surface area contributed by atoms with Gasteiger partial charge in [0.15, 0.2) is 6.10 Å². The van der Waals surface area contributed by atoms with Gasteiger partial charge in [0.1, 0.15) is 13.2 Å². The van der Waals surface area contributed by atoms with Gasteiger partial charge in [0.05, 0.1) is 0 Å². The Balaban J connectivity index is 4.33. The maximum Gasteiger partial charge on any atom is 0.306 e. The van der Waals surface area contributed by atoms with E-state index in [1.54, 1.807) is 0 Å². The quantitative estimate of drug-likeness (QED) is 0.0262. The molecule has 6 nitrogen and oxygen atoms in total. The summed E-state index contributed by atoms with van der Waals surface area (Å²) in [6.07, 6.45) is 66.8. The minimum Gasteiger partial charge on any atom is -0.462 e. The monoisotopic (exact) mass is 925 g/mol. The number of rotatable bonds is 52. The van der Waals surface area contributed by atoms with Crippen molar-refractivity contribution in [2.45, 2.75) is 303 Å². The highest BCUT2D eigenvalue weighted by Gasteiger charge is 2.19. The molecule has 0 aliphatic heterocycles. The standard InChI is InChI=1S/C60H108O6/c1-4-7-10-13-16-19-22-25-27-28-29-30-31-33-35-38-41-44-47-50-53-59(62)65-56-57(55-64-58(61)52-49-46-43-40-37-34-24-21-18-15-12-9-6-3)66-60(63)54-51-48-45-42-39-36-32-26-23-20-17-14-11-8-5-2/h8,11,17,20-21,24,26,32,57H,4-7,9-10,12-16,18-19,22-23,25,27-31,33-56H2,1-3H3/b11-8-,20-17-,24-21-,32-26-. The van der Waals surface area contributed by atoms with Crippen LogP contribution in [0.3, 0.4) is 0 Å². The second-order valence-corrected chi connectivity index (χ2v) is 19.2. The number of carbonyl (C=O) groups excluding carboxylic acids is 3. The van der Waals surface area contributed by atoms with Gasteiger partial charge in [-0.3, -0.25) is 14.4 Å². The summed E-state index contributed by atoms with van der Waals surface area (Å²) in [5, 5.41) is 0. The number of ether oxygens (including phenoxy) is 3. The van der Waals surface area contributed by atoms with Gasteiger partial charge < -0.3 is 14.2 Å². The average Bonchev–Trinajstić information content (AvgIpc) is 3.31. The van der Waals surface area contributed by atoms with Crippen LogP contribution < -0.4 is 0 Å². The Bertz CT molecular complexity index is 1150. The van der Waals surface area contributed by atoms with Gasteiger partial charge in [0, 0.05) is 19.3 Å². The number of unbranched alkanes of at least 4 members (excludes halogenated alkanes) is 33. The van der Waals surface area contributed by atoms with Crippen molar-refractivity contribution >= 4 is 17.9 Å². The first-order valence-electron chi connectivity index (χ1n) is 28.6. The molecule has 384 valence electrons. The third-order valence-electron chi connectivity index (χ3n) is 12.6. The Hall–Kier alpha value is -2.63. The van der Waals surface area contributed by atoms with Crippen LogP contribution in [0.5, 0.6) is 0 Å². The highest BCUT2D eigenvalue weighted by molar-refractivity contribution is 5.71. The van der Waals surface area contributed by atoms with Crippen LogP contribution in [0, 0.1) is 0 Å². The van der Waals surface area contributed by atoms with Gasteiger partial charge in [-0.05, 0) is 77.0 Å². The molecule has 0 aromatic rings. The lowest BCUT2D eigenvalue weighted by Gasteiger charge is -2.18. The molecule has 1 unspecified atom stereocenters. The van der Waals surface area contributed by atoms with Gasteiger partial charge in [-0.1, -0.05) is 249 Å². The van der Waals surface area contributed by atoms with Gasteiger partial charge in [-0.2, -0.15) is 0 Å². The molecule has 0 aromatic heterocycles. The van der Waals surface area contributed by atoms with E-state index in [4.69, 9.17) is 14.2 Å². The Morgan fingerprint density at radius 1 is 0.318 bits per heavy atom. The van der Waals surface area contributed by atoms with Gasteiger partial charge in [0.2, 0.25) is 0 Å². The lowest BCUT2D eigenvalue weighted by atomic mass is 10.0. The van der Waals surface area contributed by atoms with Crippen LogP contribution in [-0.4, -0.2) is 37.2 Å². The normalized spacial score (nSPS) is 12.3. The number of hydrogen-bond donors (Lipinski definition) is 0. The van der Waals surface area contributed by atoms with E-state index in [0.29, 0.717) is 19.3 Å². The lowest BCUT2D eigenvalue weighted by Crippen LogP contribution is -2.30. The molecule has 0 aliphatic rings. The van der Waals surface area contributed by atoms with Gasteiger partial charge in [-0.15, -0.1) is 0 Å². The molecule has 0 N–H and O–H groups in total. The zero-order valence-electron chi connectivity index (χ0n) is 44.0. The maximum absolute atomic E-state index is 12.8. The summed E-state index contributed by atoms with van der Waals surface area (Å²) in [5.41, 5.74) is 0. The van der Waals surface area contributed by atoms with Crippen molar-refractivity contribution in [1.29, 1.82) is 0 Å². The van der Waals surface area contributed by atoms with Crippen molar-refractivity contribution in [3.63, 3.8) is 0 Å². The van der Waals surface area contributed by atoms with E-state index in [2.05, 4.69) is 69.4 Å². The summed E-state index contributed by atoms with van der Waals surface area (Å²) in [4.78, 5) is 38.1. The highest BCUT2D eigenvalue weighted by atomic mass is 16.6. The Labute approximate surface area is 409 Å². The molecule has 0 saturated heterocycles. The Kier molecular flexibility index (Phi) is 52.8. The summed E-state index contributed by atoms with van der Waals surface area (Å²) < 4.78 is 16.8. The predicted octanol–water partition coefficient (Wildman–Crippen LogP) is 19.0. The number of allylic oxidation sites excluding steroid dienone is 8. The maximum atomic E-state index is 12.8. The summed E-state index contributed by atoms with van der Waals surface area (Å²) >= 11 is 0. The molecular formula is C60H108O6. The van der Waals surface area contributed by atoms with E-state index in [9.17, 15) is 14.4 Å². The molecule has 6 heteroatoms. The third-order valence-corrected chi connectivity index (χ3v) is 12.6. The predicted molar refractivity (Wildman–Crippen MR) is 284 cm³/mol. The van der Waals surface area contributed by atoms with Crippen molar-refractivity contribution in [3.8, 4) is 0 Å². The first kappa shape index (κ1) is 63.4. The van der Waals surface area contributed by atoms with Crippen molar-refractivity contribution in [2.24, 2.45) is 0 Å². The molecule has 1 atom stereocenters. The van der Waals surface area contributed by atoms with E-state index in [1.165, 1.54) is 154 Å². The topological polar surface area (TPSA) is 78.9 Å². The van der Waals surface area contributed by atoms with Gasteiger partial charge >= 0.3 is 17.9 Å². The fraction of sp³-hybridized carbons (Fsp3) is 0.817. The zero-order chi connectivity index (χ0) is 47.9. The number of carbonyl (C=O) groups is 3. The van der Waals surface area contributed by atoms with E-state index >= 15 is 0 Å². The number of hydrogen-bond acceptors (Lipinski definition) is 6. The minimum atomic E-state index is -0.783. The molecule has 0 amide bonds.